The largest absolute Gasteiger partial charge is 0.311 e. The maximum atomic E-state index is 5.94. The summed E-state index contributed by atoms with van der Waals surface area (Å²) >= 11 is 0. The molecule has 9 aromatic rings. The van der Waals surface area contributed by atoms with E-state index < -0.39 is 0 Å². The number of anilines is 12. The van der Waals surface area contributed by atoms with E-state index in [9.17, 15) is 0 Å². The first kappa shape index (κ1) is 33.1. The van der Waals surface area contributed by atoms with E-state index in [1.54, 1.807) is 6.33 Å². The fourth-order valence-electron chi connectivity index (χ4n) is 10.2. The number of para-hydroxylation sites is 6. The highest BCUT2D eigenvalue weighted by Gasteiger charge is 2.49. The molecule has 0 saturated carbocycles. The number of pyridine rings is 1. The van der Waals surface area contributed by atoms with Crippen LogP contribution >= 0.6 is 0 Å². The van der Waals surface area contributed by atoms with Crippen molar-refractivity contribution in [3.8, 4) is 0 Å². The van der Waals surface area contributed by atoms with Crippen molar-refractivity contribution in [2.45, 2.75) is 0 Å². The molecule has 9 heteroatoms. The van der Waals surface area contributed by atoms with E-state index >= 15 is 0 Å². The number of nitrogens with zero attached hydrogens (tertiary/aromatic N) is 7. The Labute approximate surface area is 348 Å². The van der Waals surface area contributed by atoms with Gasteiger partial charge in [-0.25, -0.2) is 15.0 Å². The first-order chi connectivity index (χ1) is 29.8. The molecule has 4 aliphatic rings. The molecule has 13 rings (SSSR count). The minimum atomic E-state index is -0.179. The lowest BCUT2D eigenvalue weighted by atomic mass is 9.31. The van der Waals surface area contributed by atoms with E-state index in [-0.39, 0.29) is 13.4 Å². The zero-order valence-corrected chi connectivity index (χ0v) is 32.3. The van der Waals surface area contributed by atoms with E-state index in [0.29, 0.717) is 0 Å². The van der Waals surface area contributed by atoms with Crippen molar-refractivity contribution in [3.63, 3.8) is 0 Å². The number of aromatic nitrogens is 3. The summed E-state index contributed by atoms with van der Waals surface area (Å²) in [6.45, 7) is -0.264. The number of fused-ring (bicyclic) bond motifs is 8. The summed E-state index contributed by atoms with van der Waals surface area (Å²) in [5, 5.41) is 0. The van der Waals surface area contributed by atoms with Gasteiger partial charge in [-0.15, -0.1) is 0 Å². The van der Waals surface area contributed by atoms with Gasteiger partial charge in [0.1, 0.15) is 29.6 Å². The van der Waals surface area contributed by atoms with Gasteiger partial charge in [0.25, 0.3) is 13.4 Å². The topological polar surface area (TPSA) is 51.6 Å². The molecular formula is C51H33B2N7. The van der Waals surface area contributed by atoms with Gasteiger partial charge >= 0.3 is 0 Å². The third-order valence-corrected chi connectivity index (χ3v) is 12.5. The normalized spacial score (nSPS) is 13.8. The summed E-state index contributed by atoms with van der Waals surface area (Å²) in [7, 11) is 0. The maximum absolute atomic E-state index is 5.94. The predicted octanol–water partition coefficient (Wildman–Crippen LogP) is 8.04. The fourth-order valence-corrected chi connectivity index (χ4v) is 10.2. The van der Waals surface area contributed by atoms with Crippen LogP contribution in [-0.2, 0) is 0 Å². The number of rotatable bonds is 4. The molecule has 0 spiro atoms. The number of benzene rings is 7. The van der Waals surface area contributed by atoms with Crippen LogP contribution in [-0.4, -0.2) is 28.4 Å². The highest BCUT2D eigenvalue weighted by atomic mass is 15.3. The van der Waals surface area contributed by atoms with E-state index in [2.05, 4.69) is 214 Å². The number of hydrogen-bond donors (Lipinski definition) is 0. The van der Waals surface area contributed by atoms with Crippen molar-refractivity contribution >= 4 is 115 Å². The second-order valence-corrected chi connectivity index (χ2v) is 15.6. The zero-order chi connectivity index (χ0) is 39.3. The van der Waals surface area contributed by atoms with Gasteiger partial charge in [0, 0.05) is 51.0 Å². The van der Waals surface area contributed by atoms with Gasteiger partial charge in [-0.3, -0.25) is 14.7 Å². The Morgan fingerprint density at radius 2 is 0.683 bits per heavy atom. The van der Waals surface area contributed by atoms with Crippen LogP contribution < -0.4 is 52.4 Å². The molecule has 0 aliphatic carbocycles. The molecule has 0 atom stereocenters. The molecule has 4 aliphatic heterocycles. The van der Waals surface area contributed by atoms with Crippen LogP contribution in [0.3, 0.4) is 0 Å². The lowest BCUT2D eigenvalue weighted by molar-refractivity contribution is 1.07. The highest BCUT2D eigenvalue weighted by molar-refractivity contribution is 7.03. The first-order valence-electron chi connectivity index (χ1n) is 20.4. The van der Waals surface area contributed by atoms with Crippen LogP contribution in [0.2, 0.25) is 0 Å². The molecule has 0 N–H and O–H groups in total. The molecule has 0 amide bonds. The van der Waals surface area contributed by atoms with Crippen LogP contribution in [0.1, 0.15) is 0 Å². The van der Waals surface area contributed by atoms with E-state index in [1.165, 1.54) is 27.8 Å². The van der Waals surface area contributed by atoms with E-state index in [1.807, 2.05) is 0 Å². The second-order valence-electron chi connectivity index (χ2n) is 15.6. The first-order valence-corrected chi connectivity index (χ1v) is 20.4. The molecule has 0 unspecified atom stereocenters. The average molecular weight is 765 g/mol. The fraction of sp³-hybridized carbons (Fsp3) is 0. The van der Waals surface area contributed by atoms with Gasteiger partial charge in [-0.1, -0.05) is 121 Å². The van der Waals surface area contributed by atoms with Crippen LogP contribution in [0.25, 0.3) is 0 Å². The summed E-state index contributed by atoms with van der Waals surface area (Å²) in [4.78, 5) is 25.5. The minimum Gasteiger partial charge on any atom is -0.311 e. The van der Waals surface area contributed by atoms with E-state index in [0.717, 1.165) is 73.8 Å². The predicted molar refractivity (Wildman–Crippen MR) is 248 cm³/mol. The van der Waals surface area contributed by atoms with Crippen molar-refractivity contribution < 1.29 is 0 Å². The highest BCUT2D eigenvalue weighted by Crippen LogP contribution is 2.46. The number of hydrogen-bond acceptors (Lipinski definition) is 7. The second kappa shape index (κ2) is 12.8. The van der Waals surface area contributed by atoms with Crippen LogP contribution in [0, 0.1) is 0 Å². The van der Waals surface area contributed by atoms with E-state index in [4.69, 9.17) is 15.0 Å². The van der Waals surface area contributed by atoms with Gasteiger partial charge in [0.2, 0.25) is 0 Å². The monoisotopic (exact) mass is 765 g/mol. The van der Waals surface area contributed by atoms with Crippen molar-refractivity contribution in [2.75, 3.05) is 19.6 Å². The molecule has 0 fully saturated rings. The Balaban J connectivity index is 1.14. The van der Waals surface area contributed by atoms with Gasteiger partial charge in [0.05, 0.1) is 0 Å². The van der Waals surface area contributed by atoms with Crippen molar-refractivity contribution in [3.05, 3.63) is 200 Å². The smallest absolute Gasteiger partial charge is 0.258 e. The van der Waals surface area contributed by atoms with Crippen LogP contribution in [0.15, 0.2) is 200 Å². The van der Waals surface area contributed by atoms with Crippen LogP contribution in [0.5, 0.6) is 0 Å². The standard InChI is InChI=1S/C51H33B2N7/c1-5-18-34(19-6-1)57-42-28-15-13-26-38(42)52-40-32-41-49(56-48(40)59(36-22-9-3-10-23-36)45-31-17-30-44(57)46(45)52)60(37-24-11-4-12-25-37)51-47-50(54-33-55-51)58(35-20-7-2-8-21-35)43-29-16-14-27-39(43)53(41)47/h1-33H. The Bertz CT molecular complexity index is 2940. The maximum Gasteiger partial charge on any atom is 0.258 e. The lowest BCUT2D eigenvalue weighted by Crippen LogP contribution is -2.66. The third kappa shape index (κ3) is 4.60. The Kier molecular flexibility index (Phi) is 7.06. The van der Waals surface area contributed by atoms with Gasteiger partial charge in [-0.2, -0.15) is 0 Å². The van der Waals surface area contributed by atoms with Gasteiger partial charge in [0.15, 0.2) is 0 Å². The molecule has 0 bridgehead atoms. The van der Waals surface area contributed by atoms with Crippen LogP contribution in [0.4, 0.5) is 68.8 Å². The van der Waals surface area contributed by atoms with Crippen molar-refractivity contribution in [1.29, 1.82) is 0 Å². The molecule has 60 heavy (non-hydrogen) atoms. The Hall–Kier alpha value is -7.90. The molecule has 7 aromatic carbocycles. The lowest BCUT2D eigenvalue weighted by Gasteiger charge is -2.45. The zero-order valence-electron chi connectivity index (χ0n) is 32.3. The molecule has 2 aromatic heterocycles. The van der Waals surface area contributed by atoms with Crippen molar-refractivity contribution in [1.82, 2.24) is 15.0 Å². The molecule has 0 radical (unpaired) electrons. The molecule has 6 heterocycles. The molecule has 0 saturated heterocycles. The van der Waals surface area contributed by atoms with Crippen molar-refractivity contribution in [2.24, 2.45) is 0 Å². The summed E-state index contributed by atoms with van der Waals surface area (Å²) in [6.07, 6.45) is 1.71. The quantitative estimate of drug-likeness (QED) is 0.168. The van der Waals surface area contributed by atoms with Gasteiger partial charge in [-0.05, 0) is 100 Å². The molecule has 278 valence electrons. The molecule has 7 nitrogen and oxygen atoms in total. The SMILES string of the molecule is c1ccc(N2c3ccccc3B3c4cc5c(nc4N(c4ccccc4)c4cccc2c43)N(c2ccccc2)c2ncnc3c2B5c2ccccc2N3c2ccccc2)cc1. The molecular weight excluding hydrogens is 732 g/mol. The third-order valence-electron chi connectivity index (χ3n) is 12.5. The summed E-state index contributed by atoms with van der Waals surface area (Å²) < 4.78 is 0. The summed E-state index contributed by atoms with van der Waals surface area (Å²) in [5.74, 6) is 3.48. The summed E-state index contributed by atoms with van der Waals surface area (Å²) in [6, 6.07) is 69.4. The van der Waals surface area contributed by atoms with Gasteiger partial charge < -0.3 is 4.90 Å². The Morgan fingerprint density at radius 3 is 1.25 bits per heavy atom. The average Bonchev–Trinajstić information content (AvgIpc) is 3.32. The minimum absolute atomic E-state index is 0.0853. The summed E-state index contributed by atoms with van der Waals surface area (Å²) in [5.41, 5.74) is 15.8. The Morgan fingerprint density at radius 1 is 0.300 bits per heavy atom.